The second-order valence-electron chi connectivity index (χ2n) is 6.04. The Morgan fingerprint density at radius 1 is 1.27 bits per heavy atom. The predicted molar refractivity (Wildman–Crippen MR) is 68.6 cm³/mol. The van der Waals surface area contributed by atoms with E-state index in [0.29, 0.717) is 17.6 Å². The zero-order chi connectivity index (χ0) is 12.1. The van der Waals surface area contributed by atoms with Crippen LogP contribution in [0.3, 0.4) is 0 Å². The summed E-state index contributed by atoms with van der Waals surface area (Å²) in [5.41, 5.74) is 0. The lowest BCUT2D eigenvalue weighted by Gasteiger charge is -2.36. The predicted octanol–water partition coefficient (Wildman–Crippen LogP) is 3.42. The summed E-state index contributed by atoms with van der Waals surface area (Å²) in [6.07, 6.45) is 2.12. The topological polar surface area (TPSA) is 29.5 Å². The lowest BCUT2D eigenvalue weighted by Crippen LogP contribution is -2.41. The van der Waals surface area contributed by atoms with Crippen molar-refractivity contribution in [3.63, 3.8) is 0 Å². The van der Waals surface area contributed by atoms with Crippen molar-refractivity contribution in [1.82, 2.24) is 0 Å². The van der Waals surface area contributed by atoms with E-state index in [1.165, 1.54) is 0 Å². The zero-order valence-corrected chi connectivity index (χ0v) is 12.3. The molecule has 0 aliphatic carbocycles. The van der Waals surface area contributed by atoms with Crippen LogP contribution in [0.1, 0.15) is 40.5 Å². The van der Waals surface area contributed by atoms with Gasteiger partial charge in [0.15, 0.2) is 8.32 Å². The molecule has 0 aliphatic heterocycles. The highest BCUT2D eigenvalue weighted by atomic mass is 28.4. The highest BCUT2D eigenvalue weighted by Gasteiger charge is 2.36. The second kappa shape index (κ2) is 6.02. The Morgan fingerprint density at radius 2 is 1.80 bits per heavy atom. The van der Waals surface area contributed by atoms with Crippen molar-refractivity contribution < 1.29 is 9.53 Å². The molecule has 0 aromatic carbocycles. The summed E-state index contributed by atoms with van der Waals surface area (Å²) < 4.78 is 6.05. The Bertz CT molecular complexity index is 173. The van der Waals surface area contributed by atoms with Crippen LogP contribution >= 0.6 is 0 Å². The number of hydrogen-bond donors (Lipinski definition) is 1. The van der Waals surface area contributed by atoms with Crippen LogP contribution in [0.4, 0.5) is 0 Å². The van der Waals surface area contributed by atoms with Crippen LogP contribution in [0.15, 0.2) is 0 Å². The van der Waals surface area contributed by atoms with Gasteiger partial charge in [0.1, 0.15) is 0 Å². The van der Waals surface area contributed by atoms with Gasteiger partial charge in [0.2, 0.25) is 0 Å². The van der Waals surface area contributed by atoms with E-state index in [1.54, 1.807) is 0 Å². The molecule has 0 heterocycles. The number of aliphatic hydroxyl groups excluding tert-OH is 1. The molecule has 0 aliphatic rings. The van der Waals surface area contributed by atoms with E-state index in [9.17, 15) is 0 Å². The highest BCUT2D eigenvalue weighted by Crippen LogP contribution is 2.36. The highest BCUT2D eigenvalue weighted by molar-refractivity contribution is 6.74. The minimum absolute atomic E-state index is 0.292. The van der Waals surface area contributed by atoms with Crippen molar-refractivity contribution in [3.05, 3.63) is 0 Å². The van der Waals surface area contributed by atoms with Crippen molar-refractivity contribution in [2.24, 2.45) is 5.92 Å². The van der Waals surface area contributed by atoms with Crippen molar-refractivity contribution in [2.75, 3.05) is 13.2 Å². The van der Waals surface area contributed by atoms with Crippen molar-refractivity contribution in [1.29, 1.82) is 0 Å². The fourth-order valence-electron chi connectivity index (χ4n) is 1.07. The minimum Gasteiger partial charge on any atom is -0.417 e. The third-order valence-corrected chi connectivity index (χ3v) is 7.96. The Kier molecular flexibility index (Phi) is 6.07. The SMILES string of the molecule is C[C@H](CO)CCCO[Si](C)(C)C(C)(C)C. The first kappa shape index (κ1) is 15.1. The van der Waals surface area contributed by atoms with Gasteiger partial charge in [-0.05, 0) is 36.9 Å². The number of aliphatic hydroxyl groups is 1. The van der Waals surface area contributed by atoms with Crippen LogP contribution < -0.4 is 0 Å². The summed E-state index contributed by atoms with van der Waals surface area (Å²) >= 11 is 0. The van der Waals surface area contributed by atoms with Crippen molar-refractivity contribution in [3.8, 4) is 0 Å². The Labute approximate surface area is 96.2 Å². The summed E-state index contributed by atoms with van der Waals surface area (Å²) in [4.78, 5) is 0. The zero-order valence-electron chi connectivity index (χ0n) is 11.3. The molecule has 15 heavy (non-hydrogen) atoms. The van der Waals surface area contributed by atoms with Gasteiger partial charge in [0.25, 0.3) is 0 Å². The second-order valence-corrected chi connectivity index (χ2v) is 10.8. The van der Waals surface area contributed by atoms with E-state index in [-0.39, 0.29) is 0 Å². The first-order chi connectivity index (χ1) is 6.70. The van der Waals surface area contributed by atoms with E-state index < -0.39 is 8.32 Å². The summed E-state index contributed by atoms with van der Waals surface area (Å²) in [5.74, 6) is 0.410. The maximum atomic E-state index is 8.89. The lowest BCUT2D eigenvalue weighted by molar-refractivity contribution is 0.212. The fourth-order valence-corrected chi connectivity index (χ4v) is 2.15. The third kappa shape index (κ3) is 5.69. The third-order valence-electron chi connectivity index (χ3n) is 3.42. The number of rotatable bonds is 6. The Hall–Kier alpha value is 0.137. The summed E-state index contributed by atoms with van der Waals surface area (Å²) in [6.45, 7) is 14.6. The first-order valence-electron chi connectivity index (χ1n) is 5.95. The van der Waals surface area contributed by atoms with Crippen LogP contribution in [-0.4, -0.2) is 26.6 Å². The van der Waals surface area contributed by atoms with Gasteiger partial charge in [-0.25, -0.2) is 0 Å². The van der Waals surface area contributed by atoms with Crippen LogP contribution in [0.5, 0.6) is 0 Å². The van der Waals surface area contributed by atoms with E-state index in [1.807, 2.05) is 0 Å². The van der Waals surface area contributed by atoms with E-state index in [2.05, 4.69) is 40.8 Å². The molecular formula is C12H28O2Si. The van der Waals surface area contributed by atoms with Gasteiger partial charge < -0.3 is 9.53 Å². The van der Waals surface area contributed by atoms with Crippen LogP contribution in [-0.2, 0) is 4.43 Å². The van der Waals surface area contributed by atoms with Crippen LogP contribution in [0.2, 0.25) is 18.1 Å². The van der Waals surface area contributed by atoms with E-state index in [0.717, 1.165) is 19.4 Å². The maximum absolute atomic E-state index is 8.89. The smallest absolute Gasteiger partial charge is 0.191 e. The first-order valence-corrected chi connectivity index (χ1v) is 8.86. The van der Waals surface area contributed by atoms with Crippen LogP contribution in [0.25, 0.3) is 0 Å². The monoisotopic (exact) mass is 232 g/mol. The maximum Gasteiger partial charge on any atom is 0.191 e. The molecule has 0 radical (unpaired) electrons. The van der Waals surface area contributed by atoms with E-state index >= 15 is 0 Å². The molecule has 0 saturated carbocycles. The van der Waals surface area contributed by atoms with Gasteiger partial charge in [0.05, 0.1) is 0 Å². The molecule has 0 rings (SSSR count). The van der Waals surface area contributed by atoms with Gasteiger partial charge in [-0.3, -0.25) is 0 Å². The molecule has 0 amide bonds. The molecule has 0 aromatic heterocycles. The summed E-state index contributed by atoms with van der Waals surface area (Å²) in [7, 11) is -1.55. The van der Waals surface area contributed by atoms with Gasteiger partial charge in [-0.15, -0.1) is 0 Å². The van der Waals surface area contributed by atoms with Crippen LogP contribution in [0, 0.1) is 5.92 Å². The molecule has 0 aromatic rings. The molecule has 92 valence electrons. The molecule has 0 spiro atoms. The Balaban J connectivity index is 3.77. The number of hydrogen-bond acceptors (Lipinski definition) is 2. The molecule has 3 heteroatoms. The van der Waals surface area contributed by atoms with E-state index in [4.69, 9.17) is 9.53 Å². The molecule has 1 atom stereocenters. The average molecular weight is 232 g/mol. The minimum atomic E-state index is -1.55. The summed E-state index contributed by atoms with van der Waals surface area (Å²) in [5, 5.41) is 9.19. The Morgan fingerprint density at radius 3 is 2.20 bits per heavy atom. The fraction of sp³-hybridized carbons (Fsp3) is 1.00. The van der Waals surface area contributed by atoms with Gasteiger partial charge >= 0.3 is 0 Å². The molecule has 2 nitrogen and oxygen atoms in total. The molecule has 0 unspecified atom stereocenters. The van der Waals surface area contributed by atoms with Crippen molar-refractivity contribution in [2.45, 2.75) is 58.7 Å². The molecule has 1 N–H and O–H groups in total. The standard InChI is InChI=1S/C12H28O2Si/c1-11(10-13)8-7-9-14-15(5,6)12(2,3)4/h11,13H,7-10H2,1-6H3/t11-/m0/s1. The van der Waals surface area contributed by atoms with Gasteiger partial charge in [-0.1, -0.05) is 27.7 Å². The van der Waals surface area contributed by atoms with Gasteiger partial charge in [-0.2, -0.15) is 0 Å². The lowest BCUT2D eigenvalue weighted by atomic mass is 10.1. The summed E-state index contributed by atoms with van der Waals surface area (Å²) in [6, 6.07) is 0. The quantitative estimate of drug-likeness (QED) is 0.562. The largest absolute Gasteiger partial charge is 0.417 e. The molecular weight excluding hydrogens is 204 g/mol. The van der Waals surface area contributed by atoms with Crippen molar-refractivity contribution >= 4 is 8.32 Å². The molecule has 0 fully saturated rings. The molecule has 0 saturated heterocycles. The normalized spacial score (nSPS) is 15.4. The molecule has 0 bridgehead atoms. The van der Waals surface area contributed by atoms with Gasteiger partial charge in [0, 0.05) is 13.2 Å². The average Bonchev–Trinajstić information content (AvgIpc) is 2.10.